The first-order chi connectivity index (χ1) is 10.0. The van der Waals surface area contributed by atoms with Crippen LogP contribution in [0.4, 0.5) is 0 Å². The highest BCUT2D eigenvalue weighted by atomic mass is 16.5. The highest BCUT2D eigenvalue weighted by Gasteiger charge is 2.27. The van der Waals surface area contributed by atoms with Gasteiger partial charge in [-0.3, -0.25) is 0 Å². The Hall–Kier alpha value is -1.57. The Labute approximate surface area is 135 Å². The first-order valence-corrected chi connectivity index (χ1v) is 8.08. The maximum atomic E-state index is 11.9. The Bertz CT molecular complexity index is 565. The molecule has 0 atom stereocenters. The SMILES string of the molecule is C=C(C)C(=O)Oc1ccc(C(C)(C)CC)cc1C(C)(C)CC. The maximum absolute atomic E-state index is 11.9. The molecule has 0 spiro atoms. The highest BCUT2D eigenvalue weighted by Crippen LogP contribution is 2.38. The summed E-state index contributed by atoms with van der Waals surface area (Å²) in [6, 6.07) is 6.20. The van der Waals surface area contributed by atoms with Crippen molar-refractivity contribution >= 4 is 5.97 Å². The molecule has 0 saturated carbocycles. The molecule has 0 unspecified atom stereocenters. The van der Waals surface area contributed by atoms with Crippen molar-refractivity contribution in [3.8, 4) is 5.75 Å². The molecule has 122 valence electrons. The molecule has 22 heavy (non-hydrogen) atoms. The van der Waals surface area contributed by atoms with Gasteiger partial charge in [-0.25, -0.2) is 4.79 Å². The molecule has 1 rings (SSSR count). The maximum Gasteiger partial charge on any atom is 0.338 e. The van der Waals surface area contributed by atoms with Crippen LogP contribution in [-0.4, -0.2) is 5.97 Å². The largest absolute Gasteiger partial charge is 0.423 e. The monoisotopic (exact) mass is 302 g/mol. The summed E-state index contributed by atoms with van der Waals surface area (Å²) in [5.74, 6) is 0.283. The van der Waals surface area contributed by atoms with Gasteiger partial charge in [-0.2, -0.15) is 0 Å². The molecule has 1 aromatic carbocycles. The fourth-order valence-electron chi connectivity index (χ4n) is 2.15. The lowest BCUT2D eigenvalue weighted by Gasteiger charge is -2.30. The van der Waals surface area contributed by atoms with Gasteiger partial charge in [0.25, 0.3) is 0 Å². The smallest absolute Gasteiger partial charge is 0.338 e. The molecule has 0 aliphatic carbocycles. The van der Waals surface area contributed by atoms with E-state index in [1.807, 2.05) is 6.07 Å². The van der Waals surface area contributed by atoms with Crippen molar-refractivity contribution in [3.63, 3.8) is 0 Å². The van der Waals surface area contributed by atoms with Gasteiger partial charge >= 0.3 is 5.97 Å². The predicted octanol–water partition coefficient (Wildman–Crippen LogP) is 5.54. The molecular formula is C20H30O2. The van der Waals surface area contributed by atoms with E-state index in [2.05, 4.69) is 60.3 Å². The summed E-state index contributed by atoms with van der Waals surface area (Å²) in [5.41, 5.74) is 2.84. The van der Waals surface area contributed by atoms with Gasteiger partial charge in [-0.15, -0.1) is 0 Å². The van der Waals surface area contributed by atoms with Crippen LogP contribution in [0.25, 0.3) is 0 Å². The van der Waals surface area contributed by atoms with Gasteiger partial charge in [-0.1, -0.05) is 60.3 Å². The van der Waals surface area contributed by atoms with Gasteiger partial charge in [-0.05, 0) is 42.2 Å². The Morgan fingerprint density at radius 3 is 2.09 bits per heavy atom. The summed E-state index contributed by atoms with van der Waals surface area (Å²) >= 11 is 0. The van der Waals surface area contributed by atoms with E-state index in [-0.39, 0.29) is 16.8 Å². The molecule has 0 bridgehead atoms. The fraction of sp³-hybridized carbons (Fsp3) is 0.550. The molecule has 0 N–H and O–H groups in total. The second kappa shape index (κ2) is 6.68. The number of carbonyl (C=O) groups is 1. The van der Waals surface area contributed by atoms with Crippen LogP contribution in [0.15, 0.2) is 30.4 Å². The van der Waals surface area contributed by atoms with Gasteiger partial charge in [0, 0.05) is 11.1 Å². The van der Waals surface area contributed by atoms with Crippen molar-refractivity contribution in [3.05, 3.63) is 41.5 Å². The Balaban J connectivity index is 3.40. The number of carbonyl (C=O) groups excluding carboxylic acids is 1. The molecule has 0 amide bonds. The van der Waals surface area contributed by atoms with E-state index in [1.165, 1.54) is 5.56 Å². The van der Waals surface area contributed by atoms with Crippen LogP contribution < -0.4 is 4.74 Å². The van der Waals surface area contributed by atoms with E-state index in [1.54, 1.807) is 6.92 Å². The highest BCUT2D eigenvalue weighted by molar-refractivity contribution is 5.89. The number of hydrogen-bond acceptors (Lipinski definition) is 2. The summed E-state index contributed by atoms with van der Waals surface area (Å²) < 4.78 is 5.56. The number of benzene rings is 1. The van der Waals surface area contributed by atoms with E-state index in [9.17, 15) is 4.79 Å². The summed E-state index contributed by atoms with van der Waals surface area (Å²) in [6.07, 6.45) is 2.03. The number of rotatable bonds is 6. The summed E-state index contributed by atoms with van der Waals surface area (Å²) in [7, 11) is 0. The van der Waals surface area contributed by atoms with Crippen molar-refractivity contribution < 1.29 is 9.53 Å². The molecule has 1 aromatic rings. The van der Waals surface area contributed by atoms with Crippen LogP contribution in [0, 0.1) is 0 Å². The number of hydrogen-bond donors (Lipinski definition) is 0. The van der Waals surface area contributed by atoms with E-state index in [4.69, 9.17) is 4.74 Å². The lowest BCUT2D eigenvalue weighted by Crippen LogP contribution is -2.22. The molecule has 0 radical (unpaired) electrons. The first kappa shape index (κ1) is 18.5. The summed E-state index contributed by atoms with van der Waals surface area (Å²) in [6.45, 7) is 18.5. The lowest BCUT2D eigenvalue weighted by atomic mass is 9.76. The quantitative estimate of drug-likeness (QED) is 0.391. The van der Waals surface area contributed by atoms with Gasteiger partial charge in [0.1, 0.15) is 5.75 Å². The molecule has 0 fully saturated rings. The van der Waals surface area contributed by atoms with Crippen LogP contribution in [0.1, 0.15) is 72.4 Å². The third-order valence-electron chi connectivity index (χ3n) is 4.81. The first-order valence-electron chi connectivity index (χ1n) is 8.08. The zero-order valence-electron chi connectivity index (χ0n) is 15.2. The normalized spacial score (nSPS) is 12.1. The van der Waals surface area contributed by atoms with E-state index in [0.29, 0.717) is 11.3 Å². The van der Waals surface area contributed by atoms with Gasteiger partial charge in [0.05, 0.1) is 0 Å². The lowest BCUT2D eigenvalue weighted by molar-refractivity contribution is -0.130. The van der Waals surface area contributed by atoms with Crippen molar-refractivity contribution in [1.29, 1.82) is 0 Å². The van der Waals surface area contributed by atoms with Gasteiger partial charge in [0.15, 0.2) is 0 Å². The molecule has 0 aliphatic heterocycles. The fourth-order valence-corrected chi connectivity index (χ4v) is 2.15. The second-order valence-corrected chi connectivity index (χ2v) is 7.36. The topological polar surface area (TPSA) is 26.3 Å². The predicted molar refractivity (Wildman–Crippen MR) is 93.5 cm³/mol. The zero-order valence-corrected chi connectivity index (χ0v) is 15.2. The minimum absolute atomic E-state index is 0.0511. The van der Waals surface area contributed by atoms with Crippen LogP contribution in [0.2, 0.25) is 0 Å². The van der Waals surface area contributed by atoms with Crippen LogP contribution in [0.5, 0.6) is 5.75 Å². The summed E-state index contributed by atoms with van der Waals surface area (Å²) in [4.78, 5) is 11.9. The minimum Gasteiger partial charge on any atom is -0.423 e. The summed E-state index contributed by atoms with van der Waals surface area (Å²) in [5, 5.41) is 0. The Morgan fingerprint density at radius 2 is 1.64 bits per heavy atom. The second-order valence-electron chi connectivity index (χ2n) is 7.36. The van der Waals surface area contributed by atoms with Crippen molar-refractivity contribution in [2.75, 3.05) is 0 Å². The van der Waals surface area contributed by atoms with Crippen molar-refractivity contribution in [1.82, 2.24) is 0 Å². The molecule has 0 aliphatic rings. The zero-order chi connectivity index (χ0) is 17.1. The molecule has 0 aromatic heterocycles. The van der Waals surface area contributed by atoms with Crippen LogP contribution in [-0.2, 0) is 15.6 Å². The molecule has 0 heterocycles. The molecular weight excluding hydrogens is 272 g/mol. The average molecular weight is 302 g/mol. The van der Waals surface area contributed by atoms with Gasteiger partial charge < -0.3 is 4.74 Å². The van der Waals surface area contributed by atoms with Gasteiger partial charge in [0.2, 0.25) is 0 Å². The van der Waals surface area contributed by atoms with Crippen molar-refractivity contribution in [2.24, 2.45) is 0 Å². The van der Waals surface area contributed by atoms with Crippen LogP contribution >= 0.6 is 0 Å². The minimum atomic E-state index is -0.365. The van der Waals surface area contributed by atoms with E-state index >= 15 is 0 Å². The van der Waals surface area contributed by atoms with Crippen LogP contribution in [0.3, 0.4) is 0 Å². The average Bonchev–Trinajstić information content (AvgIpc) is 2.47. The third-order valence-corrected chi connectivity index (χ3v) is 4.81. The van der Waals surface area contributed by atoms with E-state index in [0.717, 1.165) is 18.4 Å². The molecule has 0 saturated heterocycles. The number of esters is 1. The van der Waals surface area contributed by atoms with Crippen molar-refractivity contribution in [2.45, 2.75) is 72.1 Å². The van der Waals surface area contributed by atoms with E-state index < -0.39 is 0 Å². The standard InChI is InChI=1S/C20H30O2/c1-9-19(5,6)15-11-12-17(22-18(21)14(3)4)16(13-15)20(7,8)10-2/h11-13H,3,9-10H2,1-2,4-8H3. The number of ether oxygens (including phenoxy) is 1. The molecule has 2 heteroatoms. The molecule has 2 nitrogen and oxygen atoms in total. The Kier molecular flexibility index (Phi) is 5.61. The Morgan fingerprint density at radius 1 is 1.09 bits per heavy atom. The third kappa shape index (κ3) is 4.00.